The van der Waals surface area contributed by atoms with Crippen LogP contribution in [0.1, 0.15) is 27.5 Å². The predicted molar refractivity (Wildman–Crippen MR) is 121 cm³/mol. The first-order chi connectivity index (χ1) is 16.3. The lowest BCUT2D eigenvalue weighted by molar-refractivity contribution is -0.274. The molecule has 0 aliphatic rings. The van der Waals surface area contributed by atoms with Crippen LogP contribution in [0.4, 0.5) is 19.2 Å². The smallest absolute Gasteiger partial charge is 0.428 e. The summed E-state index contributed by atoms with van der Waals surface area (Å²) in [6.45, 7) is 1.93. The molecule has 2 heterocycles. The van der Waals surface area contributed by atoms with Gasteiger partial charge in [0.2, 0.25) is 10.0 Å². The van der Waals surface area contributed by atoms with Crippen molar-refractivity contribution < 1.29 is 35.5 Å². The Hall–Kier alpha value is -3.32. The number of nitrogens with zero attached hydrogens (tertiary/aromatic N) is 3. The number of anilines is 1. The highest BCUT2D eigenvalue weighted by Crippen LogP contribution is 2.24. The first-order valence-corrected chi connectivity index (χ1v) is 12.3. The Morgan fingerprint density at radius 1 is 1.20 bits per heavy atom. The van der Waals surface area contributed by atoms with Crippen molar-refractivity contribution in [3.05, 3.63) is 70.3 Å². The molecule has 0 atom stereocenters. The highest BCUT2D eigenvalue weighted by molar-refractivity contribution is 7.89. The molecule has 1 aromatic carbocycles. The first-order valence-electron chi connectivity index (χ1n) is 9.99. The lowest BCUT2D eigenvalue weighted by atomic mass is 10.1. The second kappa shape index (κ2) is 10.5. The molecule has 2 aromatic heterocycles. The molecule has 14 heteroatoms. The zero-order chi connectivity index (χ0) is 25.8. The molecule has 188 valence electrons. The molecule has 0 radical (unpaired) electrons. The normalized spacial score (nSPS) is 11.8. The summed E-state index contributed by atoms with van der Waals surface area (Å²) in [4.78, 5) is 22.3. The number of sulfonamides is 1. The molecule has 9 nitrogen and oxygen atoms in total. The van der Waals surface area contributed by atoms with E-state index in [1.54, 1.807) is 17.0 Å². The van der Waals surface area contributed by atoms with Gasteiger partial charge in [-0.1, -0.05) is 23.7 Å². The van der Waals surface area contributed by atoms with Crippen LogP contribution in [0.15, 0.2) is 47.0 Å². The van der Waals surface area contributed by atoms with E-state index in [1.165, 1.54) is 37.4 Å². The van der Waals surface area contributed by atoms with Gasteiger partial charge in [0.25, 0.3) is 11.9 Å². The average molecular weight is 533 g/mol. The van der Waals surface area contributed by atoms with Crippen LogP contribution in [-0.4, -0.2) is 43.5 Å². The minimum atomic E-state index is -4.78. The highest BCUT2D eigenvalue weighted by Gasteiger charge is 2.31. The van der Waals surface area contributed by atoms with Crippen LogP contribution in [0.5, 0.6) is 5.75 Å². The number of hydrogen-bond donors (Lipinski definition) is 1. The number of oxazole rings is 1. The molecule has 0 aliphatic carbocycles. The second-order valence-corrected chi connectivity index (χ2v) is 9.62. The minimum absolute atomic E-state index is 0.0370. The number of ether oxygens (including phenoxy) is 1. The van der Waals surface area contributed by atoms with Crippen LogP contribution in [0.2, 0.25) is 5.02 Å². The molecule has 3 aromatic rings. The van der Waals surface area contributed by atoms with E-state index < -0.39 is 22.3 Å². The van der Waals surface area contributed by atoms with E-state index in [0.29, 0.717) is 22.7 Å². The van der Waals surface area contributed by atoms with Gasteiger partial charge in [0.05, 0.1) is 23.5 Å². The van der Waals surface area contributed by atoms with Gasteiger partial charge in [-0.15, -0.1) is 13.2 Å². The predicted octanol–water partition coefficient (Wildman–Crippen LogP) is 3.87. The number of aryl methyl sites for hydroxylation is 1. The van der Waals surface area contributed by atoms with Crippen LogP contribution in [0.3, 0.4) is 0 Å². The van der Waals surface area contributed by atoms with Gasteiger partial charge in [-0.05, 0) is 43.2 Å². The molecule has 35 heavy (non-hydrogen) atoms. The summed E-state index contributed by atoms with van der Waals surface area (Å²) in [5.74, 6) is -1.18. The van der Waals surface area contributed by atoms with Gasteiger partial charge in [-0.3, -0.25) is 9.78 Å². The van der Waals surface area contributed by atoms with Gasteiger partial charge in [-0.25, -0.2) is 13.1 Å². The quantitative estimate of drug-likeness (QED) is 0.442. The monoisotopic (exact) mass is 532 g/mol. The number of nitrogens with one attached hydrogen (secondary N) is 1. The highest BCUT2D eigenvalue weighted by atomic mass is 35.5. The number of carbonyl (C=O) groups is 1. The SMILES string of the molecule is Cc1oc(N(CCc2ccc(OC(F)(F)F)cc2)Cc2ccc(Cl)cn2)nc1C(=O)NS(C)(=O)=O. The van der Waals surface area contributed by atoms with Gasteiger partial charge < -0.3 is 14.1 Å². The summed E-state index contributed by atoms with van der Waals surface area (Å²) >= 11 is 5.89. The Balaban J connectivity index is 1.81. The molecule has 0 aliphatic heterocycles. The van der Waals surface area contributed by atoms with Crippen molar-refractivity contribution >= 4 is 33.5 Å². The second-order valence-electron chi connectivity index (χ2n) is 7.44. The van der Waals surface area contributed by atoms with Crippen molar-refractivity contribution in [3.8, 4) is 5.75 Å². The van der Waals surface area contributed by atoms with Crippen molar-refractivity contribution in [2.75, 3.05) is 17.7 Å². The number of carbonyl (C=O) groups excluding carboxylic acids is 1. The maximum atomic E-state index is 12.4. The Bertz CT molecular complexity index is 1280. The minimum Gasteiger partial charge on any atom is -0.428 e. The van der Waals surface area contributed by atoms with E-state index >= 15 is 0 Å². The molecule has 0 saturated heterocycles. The van der Waals surface area contributed by atoms with E-state index in [-0.39, 0.29) is 36.3 Å². The third kappa shape index (κ3) is 8.14. The molecule has 0 unspecified atom stereocenters. The standard InChI is InChI=1S/C21H20ClF3N4O5S/c1-13-18(19(30)28-35(2,31)32)27-20(33-13)29(12-16-6-5-15(22)11-26-16)10-9-14-3-7-17(8-4-14)34-21(23,24)25/h3-8,11H,9-10,12H2,1-2H3,(H,28,30). The van der Waals surface area contributed by atoms with Gasteiger partial charge in [-0.2, -0.15) is 4.98 Å². The topological polar surface area (TPSA) is 115 Å². The largest absolute Gasteiger partial charge is 0.573 e. The molecule has 1 amide bonds. The first kappa shape index (κ1) is 26.3. The summed E-state index contributed by atoms with van der Waals surface area (Å²) in [7, 11) is -3.81. The third-order valence-corrected chi connectivity index (χ3v) is 5.30. The molecule has 1 N–H and O–H groups in total. The number of alkyl halides is 3. The number of benzene rings is 1. The lowest BCUT2D eigenvalue weighted by Crippen LogP contribution is -2.30. The fourth-order valence-corrected chi connectivity index (χ4v) is 3.55. The average Bonchev–Trinajstić information content (AvgIpc) is 3.13. The number of hydrogen-bond acceptors (Lipinski definition) is 8. The summed E-state index contributed by atoms with van der Waals surface area (Å²) < 4.78 is 71.3. The molecule has 0 bridgehead atoms. The molecular formula is C21H20ClF3N4O5S. The number of pyridine rings is 1. The van der Waals surface area contributed by atoms with E-state index in [9.17, 15) is 26.4 Å². The molecular weight excluding hydrogens is 513 g/mol. The van der Waals surface area contributed by atoms with Crippen molar-refractivity contribution in [2.24, 2.45) is 0 Å². The van der Waals surface area contributed by atoms with Crippen LogP contribution < -0.4 is 14.4 Å². The fourth-order valence-electron chi connectivity index (χ4n) is 3.00. The Kier molecular flexibility index (Phi) is 7.90. The van der Waals surface area contributed by atoms with Crippen LogP contribution >= 0.6 is 11.6 Å². The van der Waals surface area contributed by atoms with Gasteiger partial charge >= 0.3 is 6.36 Å². The summed E-state index contributed by atoms with van der Waals surface area (Å²) in [5, 5.41) is 0.438. The number of rotatable bonds is 9. The third-order valence-electron chi connectivity index (χ3n) is 4.52. The molecule has 0 spiro atoms. The van der Waals surface area contributed by atoms with Gasteiger partial charge in [0.1, 0.15) is 11.5 Å². The summed E-state index contributed by atoms with van der Waals surface area (Å²) in [5.41, 5.74) is 1.10. The molecule has 3 rings (SSSR count). The number of aromatic nitrogens is 2. The fraction of sp³-hybridized carbons (Fsp3) is 0.286. The van der Waals surface area contributed by atoms with Crippen molar-refractivity contribution in [1.29, 1.82) is 0 Å². The van der Waals surface area contributed by atoms with Gasteiger partial charge in [0.15, 0.2) is 5.69 Å². The van der Waals surface area contributed by atoms with E-state index in [4.69, 9.17) is 16.0 Å². The Morgan fingerprint density at radius 3 is 2.46 bits per heavy atom. The number of amides is 1. The molecule has 0 saturated carbocycles. The lowest BCUT2D eigenvalue weighted by Gasteiger charge is -2.20. The van der Waals surface area contributed by atoms with Crippen LogP contribution in [0, 0.1) is 6.92 Å². The summed E-state index contributed by atoms with van der Waals surface area (Å²) in [6.07, 6.45) is -2.12. The summed E-state index contributed by atoms with van der Waals surface area (Å²) in [6, 6.07) is 8.76. The van der Waals surface area contributed by atoms with E-state index in [1.807, 2.05) is 4.72 Å². The maximum absolute atomic E-state index is 12.4. The van der Waals surface area contributed by atoms with E-state index in [0.717, 1.165) is 6.26 Å². The zero-order valence-corrected chi connectivity index (χ0v) is 20.0. The number of halogens is 4. The van der Waals surface area contributed by atoms with Crippen molar-refractivity contribution in [2.45, 2.75) is 26.3 Å². The Morgan fingerprint density at radius 2 is 1.89 bits per heavy atom. The van der Waals surface area contributed by atoms with Gasteiger partial charge in [0, 0.05) is 12.7 Å². The van der Waals surface area contributed by atoms with Crippen LogP contribution in [-0.2, 0) is 23.0 Å². The van der Waals surface area contributed by atoms with E-state index in [2.05, 4.69) is 14.7 Å². The van der Waals surface area contributed by atoms with Crippen LogP contribution in [0.25, 0.3) is 0 Å². The van der Waals surface area contributed by atoms with Crippen molar-refractivity contribution in [1.82, 2.24) is 14.7 Å². The Labute approximate surface area is 203 Å². The zero-order valence-electron chi connectivity index (χ0n) is 18.5. The molecule has 0 fully saturated rings. The van der Waals surface area contributed by atoms with Crippen molar-refractivity contribution in [3.63, 3.8) is 0 Å². The maximum Gasteiger partial charge on any atom is 0.573 e.